The highest BCUT2D eigenvalue weighted by Crippen LogP contribution is 2.33. The maximum atomic E-state index is 13.2. The SMILES string of the molecule is COc1cc(C(=O)N2CCN(Cc3cccc(Cl)c3)CC2)ccc1NSc1cccc2cccnc12. The smallest absolute Gasteiger partial charge is 0.254 e. The van der Waals surface area contributed by atoms with Crippen molar-refractivity contribution >= 4 is 46.0 Å². The molecule has 36 heavy (non-hydrogen) atoms. The van der Waals surface area contributed by atoms with Crippen LogP contribution in [0.2, 0.25) is 5.02 Å². The number of carbonyl (C=O) groups is 1. The van der Waals surface area contributed by atoms with E-state index in [1.807, 2.05) is 71.6 Å². The quantitative estimate of drug-likeness (QED) is 0.304. The molecule has 0 saturated carbocycles. The van der Waals surface area contributed by atoms with E-state index in [2.05, 4.69) is 20.7 Å². The van der Waals surface area contributed by atoms with Gasteiger partial charge in [-0.1, -0.05) is 41.9 Å². The summed E-state index contributed by atoms with van der Waals surface area (Å²) in [5.41, 5.74) is 3.56. The molecule has 1 aliphatic heterocycles. The Kier molecular flexibility index (Phi) is 7.60. The van der Waals surface area contributed by atoms with Gasteiger partial charge >= 0.3 is 0 Å². The second-order valence-corrected chi connectivity index (χ2v) is 9.93. The first kappa shape index (κ1) is 24.4. The molecule has 0 radical (unpaired) electrons. The Morgan fingerprint density at radius 2 is 1.83 bits per heavy atom. The van der Waals surface area contributed by atoms with E-state index in [0.29, 0.717) is 24.4 Å². The number of aromatic nitrogens is 1. The lowest BCUT2D eigenvalue weighted by Crippen LogP contribution is -2.48. The molecule has 0 atom stereocenters. The molecule has 0 bridgehead atoms. The minimum absolute atomic E-state index is 0.0214. The van der Waals surface area contributed by atoms with Crippen molar-refractivity contribution in [3.63, 3.8) is 0 Å². The van der Waals surface area contributed by atoms with Crippen LogP contribution in [0.4, 0.5) is 5.69 Å². The maximum absolute atomic E-state index is 13.2. The number of anilines is 1. The van der Waals surface area contributed by atoms with Crippen LogP contribution in [-0.2, 0) is 6.54 Å². The zero-order valence-electron chi connectivity index (χ0n) is 20.0. The van der Waals surface area contributed by atoms with Crippen LogP contribution >= 0.6 is 23.5 Å². The molecule has 8 heteroatoms. The number of benzene rings is 3. The fourth-order valence-corrected chi connectivity index (χ4v) is 5.38. The van der Waals surface area contributed by atoms with Gasteiger partial charge in [-0.3, -0.25) is 14.7 Å². The number of rotatable bonds is 7. The second kappa shape index (κ2) is 11.2. The van der Waals surface area contributed by atoms with Gasteiger partial charge in [0.05, 0.1) is 23.2 Å². The largest absolute Gasteiger partial charge is 0.495 e. The van der Waals surface area contributed by atoms with Crippen molar-refractivity contribution in [3.8, 4) is 5.75 Å². The summed E-state index contributed by atoms with van der Waals surface area (Å²) < 4.78 is 8.97. The molecular weight excluding hydrogens is 492 g/mol. The summed E-state index contributed by atoms with van der Waals surface area (Å²) in [5, 5.41) is 1.84. The third-order valence-corrected chi connectivity index (χ3v) is 7.38. The van der Waals surface area contributed by atoms with Crippen molar-refractivity contribution in [3.05, 3.63) is 95.1 Å². The molecule has 0 unspecified atom stereocenters. The summed E-state index contributed by atoms with van der Waals surface area (Å²) in [6, 6.07) is 23.6. The topological polar surface area (TPSA) is 57.7 Å². The van der Waals surface area contributed by atoms with Crippen LogP contribution in [0.15, 0.2) is 83.9 Å². The van der Waals surface area contributed by atoms with E-state index in [1.54, 1.807) is 13.3 Å². The average Bonchev–Trinajstić information content (AvgIpc) is 2.92. The summed E-state index contributed by atoms with van der Waals surface area (Å²) in [4.78, 5) is 23.0. The van der Waals surface area contributed by atoms with E-state index in [-0.39, 0.29) is 5.91 Å². The molecule has 1 saturated heterocycles. The molecule has 6 nitrogen and oxygen atoms in total. The number of methoxy groups -OCH3 is 1. The summed E-state index contributed by atoms with van der Waals surface area (Å²) in [6.07, 6.45) is 1.80. The van der Waals surface area contributed by atoms with Crippen molar-refractivity contribution in [2.75, 3.05) is 38.0 Å². The van der Waals surface area contributed by atoms with Gasteiger partial charge < -0.3 is 14.4 Å². The maximum Gasteiger partial charge on any atom is 0.254 e. The predicted octanol–water partition coefficient (Wildman–Crippen LogP) is 5.97. The number of hydrogen-bond donors (Lipinski definition) is 1. The number of halogens is 1. The Hall–Kier alpha value is -3.26. The van der Waals surface area contributed by atoms with Crippen LogP contribution in [0.5, 0.6) is 5.75 Å². The zero-order chi connectivity index (χ0) is 24.9. The zero-order valence-corrected chi connectivity index (χ0v) is 21.6. The van der Waals surface area contributed by atoms with Crippen molar-refractivity contribution in [1.29, 1.82) is 0 Å². The Balaban J connectivity index is 1.21. The Bertz CT molecular complexity index is 1370. The van der Waals surface area contributed by atoms with E-state index in [0.717, 1.165) is 46.1 Å². The minimum Gasteiger partial charge on any atom is -0.495 e. The predicted molar refractivity (Wildman–Crippen MR) is 147 cm³/mol. The molecule has 5 rings (SSSR count). The number of amides is 1. The molecule has 1 N–H and O–H groups in total. The van der Waals surface area contributed by atoms with E-state index < -0.39 is 0 Å². The van der Waals surface area contributed by atoms with E-state index in [1.165, 1.54) is 17.5 Å². The number of pyridine rings is 1. The first-order valence-electron chi connectivity index (χ1n) is 11.8. The Morgan fingerprint density at radius 3 is 2.64 bits per heavy atom. The molecule has 1 fully saturated rings. The van der Waals surface area contributed by atoms with E-state index in [4.69, 9.17) is 16.3 Å². The van der Waals surface area contributed by atoms with Crippen molar-refractivity contribution < 1.29 is 9.53 Å². The number of hydrogen-bond acceptors (Lipinski definition) is 6. The highest BCUT2D eigenvalue weighted by atomic mass is 35.5. The van der Waals surface area contributed by atoms with Gasteiger partial charge in [0, 0.05) is 54.9 Å². The van der Waals surface area contributed by atoms with Crippen LogP contribution in [-0.4, -0.2) is 54.0 Å². The normalized spacial score (nSPS) is 14.1. The Labute approximate surface area is 220 Å². The molecule has 4 aromatic rings. The van der Waals surface area contributed by atoms with Crippen LogP contribution in [0, 0.1) is 0 Å². The number of piperazine rings is 1. The molecule has 1 aromatic heterocycles. The van der Waals surface area contributed by atoms with Gasteiger partial charge in [0.1, 0.15) is 5.75 Å². The summed E-state index contributed by atoms with van der Waals surface area (Å²) in [7, 11) is 1.62. The summed E-state index contributed by atoms with van der Waals surface area (Å²) >= 11 is 7.59. The molecule has 0 aliphatic carbocycles. The van der Waals surface area contributed by atoms with Crippen molar-refractivity contribution in [1.82, 2.24) is 14.8 Å². The molecular formula is C28H27ClN4O2S. The molecule has 184 valence electrons. The van der Waals surface area contributed by atoms with Gasteiger partial charge in [0.25, 0.3) is 5.91 Å². The minimum atomic E-state index is 0.0214. The number of ether oxygens (including phenoxy) is 1. The molecule has 2 heterocycles. The molecule has 3 aromatic carbocycles. The van der Waals surface area contributed by atoms with Gasteiger partial charge in [-0.25, -0.2) is 0 Å². The fourth-order valence-electron chi connectivity index (χ4n) is 4.36. The highest BCUT2D eigenvalue weighted by molar-refractivity contribution is 8.00. The first-order chi connectivity index (χ1) is 17.6. The van der Waals surface area contributed by atoms with Crippen molar-refractivity contribution in [2.24, 2.45) is 0 Å². The fraction of sp³-hybridized carbons (Fsp3) is 0.214. The highest BCUT2D eigenvalue weighted by Gasteiger charge is 2.23. The van der Waals surface area contributed by atoms with Crippen LogP contribution < -0.4 is 9.46 Å². The molecule has 1 aliphatic rings. The number of carbonyl (C=O) groups excluding carboxylic acids is 1. The van der Waals surface area contributed by atoms with E-state index >= 15 is 0 Å². The van der Waals surface area contributed by atoms with Crippen molar-refractivity contribution in [2.45, 2.75) is 11.4 Å². The molecule has 1 amide bonds. The summed E-state index contributed by atoms with van der Waals surface area (Å²) in [6.45, 7) is 3.85. The van der Waals surface area contributed by atoms with Gasteiger partial charge in [-0.2, -0.15) is 0 Å². The lowest BCUT2D eigenvalue weighted by Gasteiger charge is -2.35. The van der Waals surface area contributed by atoms with Gasteiger partial charge in [0.15, 0.2) is 0 Å². The van der Waals surface area contributed by atoms with Gasteiger partial charge in [-0.15, -0.1) is 0 Å². The summed E-state index contributed by atoms with van der Waals surface area (Å²) in [5.74, 6) is 0.648. The number of para-hydroxylation sites is 1. The number of nitrogens with zero attached hydrogens (tertiary/aromatic N) is 3. The van der Waals surface area contributed by atoms with Crippen LogP contribution in [0.1, 0.15) is 15.9 Å². The lowest BCUT2D eigenvalue weighted by molar-refractivity contribution is 0.0628. The Morgan fingerprint density at radius 1 is 1.03 bits per heavy atom. The van der Waals surface area contributed by atoms with Crippen LogP contribution in [0.25, 0.3) is 10.9 Å². The average molecular weight is 519 g/mol. The second-order valence-electron chi connectivity index (χ2n) is 8.65. The van der Waals surface area contributed by atoms with Crippen LogP contribution in [0.3, 0.4) is 0 Å². The monoisotopic (exact) mass is 518 g/mol. The number of nitrogens with one attached hydrogen (secondary N) is 1. The standard InChI is InChI=1S/C28H27ClN4O2S/c1-35-25-18-22(10-11-24(25)31-36-26-9-3-6-21-7-4-12-30-27(21)26)28(34)33-15-13-32(14-16-33)19-20-5-2-8-23(29)17-20/h2-12,17-18,31H,13-16,19H2,1H3. The third-order valence-electron chi connectivity index (χ3n) is 6.27. The van der Waals surface area contributed by atoms with Gasteiger partial charge in [-0.05, 0) is 60.0 Å². The van der Waals surface area contributed by atoms with Gasteiger partial charge in [0.2, 0.25) is 0 Å². The third kappa shape index (κ3) is 5.59. The lowest BCUT2D eigenvalue weighted by atomic mass is 10.1. The first-order valence-corrected chi connectivity index (χ1v) is 13.0. The van der Waals surface area contributed by atoms with E-state index in [9.17, 15) is 4.79 Å². The number of fused-ring (bicyclic) bond motifs is 1. The molecule has 0 spiro atoms.